The van der Waals surface area contributed by atoms with Crippen LogP contribution in [0.4, 0.5) is 11.5 Å². The molecule has 1 saturated heterocycles. The number of piperazine rings is 1. The first-order valence-corrected chi connectivity index (χ1v) is 10.6. The first kappa shape index (κ1) is 21.1. The third kappa shape index (κ3) is 4.20. The summed E-state index contributed by atoms with van der Waals surface area (Å²) in [4.78, 5) is 40.2. The number of nitrogens with zero attached hydrogens (tertiary/aromatic N) is 4. The molecule has 0 bridgehead atoms. The van der Waals surface area contributed by atoms with Crippen LogP contribution < -0.4 is 10.2 Å². The van der Waals surface area contributed by atoms with Gasteiger partial charge in [0.1, 0.15) is 11.5 Å². The third-order valence-electron chi connectivity index (χ3n) is 5.51. The number of carbonyl (C=O) groups is 2. The van der Waals surface area contributed by atoms with Crippen LogP contribution in [-0.2, 0) is 9.59 Å². The summed E-state index contributed by atoms with van der Waals surface area (Å²) in [6.07, 6.45) is 3.44. The predicted molar refractivity (Wildman–Crippen MR) is 124 cm³/mol. The lowest BCUT2D eigenvalue weighted by Crippen LogP contribution is -2.58. The normalized spacial score (nSPS) is 19.0. The number of anilines is 2. The Kier molecular flexibility index (Phi) is 5.58. The summed E-state index contributed by atoms with van der Waals surface area (Å²) in [5.74, 6) is 0.658. The first-order valence-electron chi connectivity index (χ1n) is 10.2. The van der Waals surface area contributed by atoms with Gasteiger partial charge < -0.3 is 20.1 Å². The van der Waals surface area contributed by atoms with E-state index in [1.807, 2.05) is 43.1 Å². The highest BCUT2D eigenvalue weighted by Gasteiger charge is 2.32. The van der Waals surface area contributed by atoms with Crippen molar-refractivity contribution >= 4 is 46.0 Å². The molecule has 1 aliphatic heterocycles. The monoisotopic (exact) mass is 442 g/mol. The van der Waals surface area contributed by atoms with E-state index in [1.54, 1.807) is 13.1 Å². The van der Waals surface area contributed by atoms with E-state index in [0.717, 1.165) is 16.8 Å². The summed E-state index contributed by atoms with van der Waals surface area (Å²) < 4.78 is 0. The van der Waals surface area contributed by atoms with Crippen molar-refractivity contribution in [3.63, 3.8) is 0 Å². The minimum Gasteiger partial charge on any atom is -0.352 e. The molecule has 3 aromatic rings. The Bertz CT molecular complexity index is 1150. The minimum atomic E-state index is -0.158. The Balaban J connectivity index is 0.00000289. The van der Waals surface area contributed by atoms with E-state index in [9.17, 15) is 9.59 Å². The number of aromatic amines is 1. The molecule has 9 heteroatoms. The quantitative estimate of drug-likeness (QED) is 0.640. The van der Waals surface area contributed by atoms with Gasteiger partial charge in [0.2, 0.25) is 11.8 Å². The molecule has 164 valence electrons. The Morgan fingerprint density at radius 2 is 1.90 bits per heavy atom. The maximum atomic E-state index is 12.0. The fraction of sp³-hybridized carbons (Fsp3) is 0.364. The number of fused-ring (bicyclic) bond motifs is 1. The zero-order valence-corrected chi connectivity index (χ0v) is 18.7. The number of pyridine rings is 2. The minimum absolute atomic E-state index is 0. The standard InChI is InChI=1S/C22H25ClN6O2.H2/c1-12-10-28(11-13(2)29(12)15(4)31)21-7-17(26-14(3)30)6-20(27-21)19-9-25-22-18(19)5-16(23)8-24-22;/h5-9,12-13H,10-11H2,1-4H3,(H,24,25)(H,26,27,30);1H/t12-,13+;. The number of halogens is 1. The zero-order chi connectivity index (χ0) is 22.3. The van der Waals surface area contributed by atoms with Gasteiger partial charge >= 0.3 is 0 Å². The van der Waals surface area contributed by atoms with Crippen LogP contribution in [0, 0.1) is 0 Å². The van der Waals surface area contributed by atoms with Gasteiger partial charge in [0.15, 0.2) is 0 Å². The van der Waals surface area contributed by atoms with E-state index in [0.29, 0.717) is 35.1 Å². The van der Waals surface area contributed by atoms with Crippen LogP contribution in [-0.4, -0.2) is 56.8 Å². The number of carbonyl (C=O) groups excluding carboxylic acids is 2. The van der Waals surface area contributed by atoms with Crippen LogP contribution >= 0.6 is 11.6 Å². The van der Waals surface area contributed by atoms with Gasteiger partial charge in [-0.25, -0.2) is 9.97 Å². The van der Waals surface area contributed by atoms with Gasteiger partial charge in [-0.1, -0.05) is 11.6 Å². The van der Waals surface area contributed by atoms with Crippen molar-refractivity contribution in [1.29, 1.82) is 0 Å². The number of H-pyrrole nitrogens is 1. The molecule has 0 aliphatic carbocycles. The van der Waals surface area contributed by atoms with E-state index >= 15 is 0 Å². The molecule has 4 heterocycles. The number of amides is 2. The van der Waals surface area contributed by atoms with Gasteiger partial charge in [-0.15, -0.1) is 0 Å². The van der Waals surface area contributed by atoms with Crippen LogP contribution in [0.1, 0.15) is 29.1 Å². The number of hydrogen-bond donors (Lipinski definition) is 2. The molecule has 0 aromatic carbocycles. The van der Waals surface area contributed by atoms with Crippen LogP contribution in [0.15, 0.2) is 30.6 Å². The van der Waals surface area contributed by atoms with Gasteiger partial charge in [-0.3, -0.25) is 9.59 Å². The van der Waals surface area contributed by atoms with Crippen LogP contribution in [0.25, 0.3) is 22.3 Å². The highest BCUT2D eigenvalue weighted by atomic mass is 35.5. The SMILES string of the molecule is CC(=O)Nc1cc(-c2c[nH]c3ncc(Cl)cc23)nc(N2C[C@@H](C)N(C(C)=O)[C@@H](C)C2)c1.[HH]. The number of rotatable bonds is 3. The van der Waals surface area contributed by atoms with Gasteiger partial charge in [-0.05, 0) is 26.0 Å². The Morgan fingerprint density at radius 3 is 2.55 bits per heavy atom. The Labute approximate surface area is 187 Å². The molecule has 31 heavy (non-hydrogen) atoms. The second-order valence-corrected chi connectivity index (χ2v) is 8.50. The molecule has 1 fully saturated rings. The summed E-state index contributed by atoms with van der Waals surface area (Å²) in [7, 11) is 0. The second kappa shape index (κ2) is 8.19. The zero-order valence-electron chi connectivity index (χ0n) is 17.9. The van der Waals surface area contributed by atoms with E-state index in [2.05, 4.69) is 20.2 Å². The summed E-state index contributed by atoms with van der Waals surface area (Å²) in [6, 6.07) is 5.65. The fourth-order valence-corrected chi connectivity index (χ4v) is 4.57. The lowest BCUT2D eigenvalue weighted by atomic mass is 10.1. The maximum absolute atomic E-state index is 12.0. The molecule has 2 N–H and O–H groups in total. The van der Waals surface area contributed by atoms with Gasteiger partial charge in [0.25, 0.3) is 0 Å². The van der Waals surface area contributed by atoms with Gasteiger partial charge in [-0.2, -0.15) is 0 Å². The lowest BCUT2D eigenvalue weighted by Gasteiger charge is -2.44. The summed E-state index contributed by atoms with van der Waals surface area (Å²) >= 11 is 6.17. The molecule has 8 nitrogen and oxygen atoms in total. The number of nitrogens with one attached hydrogen (secondary N) is 2. The molecule has 1 aliphatic rings. The molecule has 0 saturated carbocycles. The molecule has 3 aromatic heterocycles. The van der Waals surface area contributed by atoms with E-state index < -0.39 is 0 Å². The molecule has 4 rings (SSSR count). The van der Waals surface area contributed by atoms with E-state index in [4.69, 9.17) is 16.6 Å². The van der Waals surface area contributed by atoms with Crippen molar-refractivity contribution in [3.05, 3.63) is 35.6 Å². The topological polar surface area (TPSA) is 94.2 Å². The van der Waals surface area contributed by atoms with Crippen molar-refractivity contribution in [1.82, 2.24) is 19.9 Å². The molecule has 2 atom stereocenters. The average Bonchev–Trinajstić information content (AvgIpc) is 3.09. The average molecular weight is 443 g/mol. The van der Waals surface area contributed by atoms with Gasteiger partial charge in [0, 0.05) is 75.5 Å². The fourth-order valence-electron chi connectivity index (χ4n) is 4.41. The number of aromatic nitrogens is 3. The Hall–Kier alpha value is -3.13. The van der Waals surface area contributed by atoms with Crippen LogP contribution in [0.2, 0.25) is 5.02 Å². The molecular formula is C22H27ClN6O2. The van der Waals surface area contributed by atoms with Crippen LogP contribution in [0.3, 0.4) is 0 Å². The molecule has 2 amide bonds. The van der Waals surface area contributed by atoms with Crippen molar-refractivity contribution in [2.24, 2.45) is 0 Å². The smallest absolute Gasteiger partial charge is 0.221 e. The third-order valence-corrected chi connectivity index (χ3v) is 5.72. The van der Waals surface area contributed by atoms with E-state index in [-0.39, 0.29) is 25.3 Å². The maximum Gasteiger partial charge on any atom is 0.221 e. The number of hydrogen-bond acceptors (Lipinski definition) is 5. The highest BCUT2D eigenvalue weighted by molar-refractivity contribution is 6.31. The lowest BCUT2D eigenvalue weighted by molar-refractivity contribution is -0.133. The second-order valence-electron chi connectivity index (χ2n) is 8.06. The molecular weight excluding hydrogens is 416 g/mol. The highest BCUT2D eigenvalue weighted by Crippen LogP contribution is 2.33. The van der Waals surface area contributed by atoms with Crippen molar-refractivity contribution < 1.29 is 11.0 Å². The van der Waals surface area contributed by atoms with E-state index in [1.165, 1.54) is 6.92 Å². The molecule has 0 radical (unpaired) electrons. The summed E-state index contributed by atoms with van der Waals surface area (Å²) in [6.45, 7) is 8.46. The van der Waals surface area contributed by atoms with Crippen molar-refractivity contribution in [2.75, 3.05) is 23.3 Å². The summed E-state index contributed by atoms with van der Waals surface area (Å²) in [5.41, 5.74) is 2.92. The Morgan fingerprint density at radius 1 is 1.19 bits per heavy atom. The first-order chi connectivity index (χ1) is 14.7. The van der Waals surface area contributed by atoms with Crippen molar-refractivity contribution in [3.8, 4) is 11.3 Å². The van der Waals surface area contributed by atoms with Crippen LogP contribution in [0.5, 0.6) is 0 Å². The summed E-state index contributed by atoms with van der Waals surface area (Å²) in [5, 5.41) is 4.27. The predicted octanol–water partition coefficient (Wildman–Crippen LogP) is 3.93. The van der Waals surface area contributed by atoms with Crippen molar-refractivity contribution in [2.45, 2.75) is 39.8 Å². The molecule has 0 unspecified atom stereocenters. The molecule has 0 spiro atoms. The largest absolute Gasteiger partial charge is 0.352 e. The van der Waals surface area contributed by atoms with Gasteiger partial charge in [0.05, 0.1) is 10.7 Å².